The van der Waals surface area contributed by atoms with Crippen LogP contribution in [0.2, 0.25) is 5.02 Å². The van der Waals surface area contributed by atoms with Crippen molar-refractivity contribution in [3.8, 4) is 17.0 Å². The van der Waals surface area contributed by atoms with Gasteiger partial charge < -0.3 is 9.84 Å². The van der Waals surface area contributed by atoms with E-state index in [0.29, 0.717) is 30.2 Å². The summed E-state index contributed by atoms with van der Waals surface area (Å²) in [6, 6.07) is 6.36. The van der Waals surface area contributed by atoms with Gasteiger partial charge in [0.05, 0.1) is 12.6 Å². The molecule has 3 rings (SSSR count). The summed E-state index contributed by atoms with van der Waals surface area (Å²) in [6.07, 6.45) is 0.599. The Morgan fingerprint density at radius 2 is 2.10 bits per heavy atom. The first-order valence-electron chi connectivity index (χ1n) is 6.50. The van der Waals surface area contributed by atoms with Gasteiger partial charge in [0.25, 0.3) is 5.56 Å². The Morgan fingerprint density at radius 1 is 1.33 bits per heavy atom. The Labute approximate surface area is 124 Å². The number of hydrogen-bond donors (Lipinski definition) is 2. The van der Waals surface area contributed by atoms with Gasteiger partial charge in [-0.1, -0.05) is 29.8 Å². The summed E-state index contributed by atoms with van der Waals surface area (Å²) in [5.74, 6) is -0.382. The maximum atomic E-state index is 12.1. The normalized spacial score (nSPS) is 18.0. The van der Waals surface area contributed by atoms with Gasteiger partial charge >= 0.3 is 5.69 Å². The van der Waals surface area contributed by atoms with Crippen LogP contribution < -0.4 is 11.2 Å². The number of aromatic nitrogens is 2. The highest BCUT2D eigenvalue weighted by Crippen LogP contribution is 2.32. The Bertz CT molecular complexity index is 790. The lowest BCUT2D eigenvalue weighted by molar-refractivity contribution is 0.183. The molecule has 0 aliphatic carbocycles. The minimum absolute atomic E-state index is 0.00731. The number of aromatic amines is 1. The zero-order chi connectivity index (χ0) is 15.0. The lowest BCUT2D eigenvalue weighted by Gasteiger charge is -2.16. The van der Waals surface area contributed by atoms with Crippen molar-refractivity contribution < 1.29 is 9.84 Å². The van der Waals surface area contributed by atoms with Crippen LogP contribution >= 0.6 is 11.6 Å². The molecule has 1 aliphatic heterocycles. The highest BCUT2D eigenvalue weighted by atomic mass is 35.5. The molecular formula is C14H13ClN2O4. The van der Waals surface area contributed by atoms with Gasteiger partial charge in [-0.15, -0.1) is 0 Å². The molecule has 21 heavy (non-hydrogen) atoms. The number of benzene rings is 1. The third-order valence-electron chi connectivity index (χ3n) is 3.53. The summed E-state index contributed by atoms with van der Waals surface area (Å²) in [5.41, 5.74) is -0.942. The fraction of sp³-hybridized carbons (Fsp3) is 0.286. The molecule has 2 heterocycles. The van der Waals surface area contributed by atoms with Gasteiger partial charge in [0.2, 0.25) is 5.88 Å². The quantitative estimate of drug-likeness (QED) is 0.881. The summed E-state index contributed by atoms with van der Waals surface area (Å²) in [7, 11) is 0. The van der Waals surface area contributed by atoms with Crippen LogP contribution in [0.15, 0.2) is 33.9 Å². The summed E-state index contributed by atoms with van der Waals surface area (Å²) in [6.45, 7) is 0.832. The summed E-state index contributed by atoms with van der Waals surface area (Å²) in [5, 5.41) is 10.7. The molecule has 110 valence electrons. The van der Waals surface area contributed by atoms with Crippen molar-refractivity contribution in [3.05, 3.63) is 50.1 Å². The average Bonchev–Trinajstić information content (AvgIpc) is 2.94. The van der Waals surface area contributed by atoms with Crippen LogP contribution in [-0.4, -0.2) is 27.9 Å². The van der Waals surface area contributed by atoms with E-state index in [1.54, 1.807) is 24.3 Å². The van der Waals surface area contributed by atoms with E-state index in [2.05, 4.69) is 4.98 Å². The van der Waals surface area contributed by atoms with Crippen LogP contribution in [0.1, 0.15) is 12.5 Å². The molecule has 0 saturated carbocycles. The van der Waals surface area contributed by atoms with Crippen LogP contribution in [0.5, 0.6) is 5.88 Å². The van der Waals surface area contributed by atoms with E-state index >= 15 is 0 Å². The maximum Gasteiger partial charge on any atom is 0.331 e. The van der Waals surface area contributed by atoms with E-state index in [-0.39, 0.29) is 17.5 Å². The number of H-pyrrole nitrogens is 1. The largest absolute Gasteiger partial charge is 0.494 e. The molecule has 1 aromatic heterocycles. The van der Waals surface area contributed by atoms with Gasteiger partial charge in [-0.05, 0) is 12.5 Å². The number of nitrogens with one attached hydrogen (secondary N) is 1. The Kier molecular flexibility index (Phi) is 3.57. The van der Waals surface area contributed by atoms with Crippen molar-refractivity contribution in [3.63, 3.8) is 0 Å². The second-order valence-corrected chi connectivity index (χ2v) is 5.23. The molecule has 0 spiro atoms. The fourth-order valence-corrected chi connectivity index (χ4v) is 2.74. The number of rotatable bonds is 2. The van der Waals surface area contributed by atoms with Crippen LogP contribution in [0.25, 0.3) is 11.1 Å². The zero-order valence-electron chi connectivity index (χ0n) is 11.0. The minimum Gasteiger partial charge on any atom is -0.494 e. The number of halogens is 1. The third-order valence-corrected chi connectivity index (χ3v) is 3.86. The second-order valence-electron chi connectivity index (χ2n) is 4.83. The molecule has 2 aromatic rings. The van der Waals surface area contributed by atoms with Gasteiger partial charge in [0.15, 0.2) is 0 Å². The topological polar surface area (TPSA) is 84.3 Å². The first-order valence-corrected chi connectivity index (χ1v) is 6.88. The van der Waals surface area contributed by atoms with Crippen molar-refractivity contribution in [1.82, 2.24) is 9.55 Å². The first-order chi connectivity index (χ1) is 10.1. The minimum atomic E-state index is -0.666. The van der Waals surface area contributed by atoms with Crippen molar-refractivity contribution in [2.24, 2.45) is 0 Å². The standard InChI is InChI=1S/C14H13ClN2O4/c15-10-4-2-1-3-9(10)11-12(18)16-14(20)17(13(11)19)8-5-6-21-7-8/h1-4,8,19H,5-7H2,(H,16,18,20). The van der Waals surface area contributed by atoms with Gasteiger partial charge in [0, 0.05) is 17.2 Å². The van der Waals surface area contributed by atoms with E-state index < -0.39 is 11.2 Å². The molecule has 1 fully saturated rings. The predicted octanol–water partition coefficient (Wildman–Crippen LogP) is 1.52. The monoisotopic (exact) mass is 308 g/mol. The van der Waals surface area contributed by atoms with Crippen molar-refractivity contribution >= 4 is 11.6 Å². The lowest BCUT2D eigenvalue weighted by Crippen LogP contribution is -2.33. The number of ether oxygens (including phenoxy) is 1. The van der Waals surface area contributed by atoms with Crippen LogP contribution in [0.3, 0.4) is 0 Å². The molecule has 0 bridgehead atoms. The number of aromatic hydroxyl groups is 1. The van der Waals surface area contributed by atoms with E-state index in [9.17, 15) is 14.7 Å². The van der Waals surface area contributed by atoms with Crippen molar-refractivity contribution in [1.29, 1.82) is 0 Å². The van der Waals surface area contributed by atoms with Crippen LogP contribution in [-0.2, 0) is 4.74 Å². The molecule has 0 radical (unpaired) electrons. The molecule has 1 aliphatic rings. The molecule has 2 N–H and O–H groups in total. The third kappa shape index (κ3) is 2.36. The van der Waals surface area contributed by atoms with Gasteiger partial charge in [0.1, 0.15) is 5.56 Å². The fourth-order valence-electron chi connectivity index (χ4n) is 2.51. The first kappa shape index (κ1) is 13.9. The van der Waals surface area contributed by atoms with Crippen molar-refractivity contribution in [2.45, 2.75) is 12.5 Å². The summed E-state index contributed by atoms with van der Waals surface area (Å²) >= 11 is 6.08. The predicted molar refractivity (Wildman–Crippen MR) is 77.9 cm³/mol. The Balaban J connectivity index is 2.27. The van der Waals surface area contributed by atoms with Crippen LogP contribution in [0, 0.1) is 0 Å². The smallest absolute Gasteiger partial charge is 0.331 e. The average molecular weight is 309 g/mol. The molecule has 0 amide bonds. The zero-order valence-corrected chi connectivity index (χ0v) is 11.8. The molecule has 6 nitrogen and oxygen atoms in total. The van der Waals surface area contributed by atoms with E-state index in [0.717, 1.165) is 4.57 Å². The molecule has 1 atom stereocenters. The lowest BCUT2D eigenvalue weighted by atomic mass is 10.1. The highest BCUT2D eigenvalue weighted by molar-refractivity contribution is 6.33. The maximum absolute atomic E-state index is 12.1. The molecule has 1 saturated heterocycles. The SMILES string of the molecule is O=c1[nH]c(=O)n(C2CCOC2)c(O)c1-c1ccccc1Cl. The highest BCUT2D eigenvalue weighted by Gasteiger charge is 2.25. The Hall–Kier alpha value is -2.05. The summed E-state index contributed by atoms with van der Waals surface area (Å²) in [4.78, 5) is 26.3. The summed E-state index contributed by atoms with van der Waals surface area (Å²) < 4.78 is 6.39. The molecule has 1 unspecified atom stereocenters. The van der Waals surface area contributed by atoms with E-state index in [4.69, 9.17) is 16.3 Å². The van der Waals surface area contributed by atoms with Gasteiger partial charge in [-0.2, -0.15) is 0 Å². The number of nitrogens with zero attached hydrogens (tertiary/aromatic N) is 1. The Morgan fingerprint density at radius 3 is 2.76 bits per heavy atom. The van der Waals surface area contributed by atoms with E-state index in [1.807, 2.05) is 0 Å². The second kappa shape index (κ2) is 5.38. The molecular weight excluding hydrogens is 296 g/mol. The van der Waals surface area contributed by atoms with Gasteiger partial charge in [-0.25, -0.2) is 4.79 Å². The van der Waals surface area contributed by atoms with Crippen LogP contribution in [0.4, 0.5) is 0 Å². The molecule has 7 heteroatoms. The molecule has 1 aromatic carbocycles. The van der Waals surface area contributed by atoms with E-state index in [1.165, 1.54) is 0 Å². The van der Waals surface area contributed by atoms with Crippen molar-refractivity contribution in [2.75, 3.05) is 13.2 Å². The van der Waals surface area contributed by atoms with Gasteiger partial charge in [-0.3, -0.25) is 14.3 Å². The number of hydrogen-bond acceptors (Lipinski definition) is 4.